The van der Waals surface area contributed by atoms with Crippen molar-refractivity contribution in [2.45, 2.75) is 31.7 Å². The fourth-order valence-corrected chi connectivity index (χ4v) is 4.04. The first-order valence-electron chi connectivity index (χ1n) is 7.40. The average molecular weight is 409 g/mol. The smallest absolute Gasteiger partial charge is 0.0370 e. The molecule has 0 saturated heterocycles. The lowest BCUT2D eigenvalue weighted by Crippen LogP contribution is -2.19. The van der Waals surface area contributed by atoms with Gasteiger partial charge in [0.05, 0.1) is 0 Å². The monoisotopic (exact) mass is 407 g/mol. The Hall–Kier alpha value is -0.640. The Morgan fingerprint density at radius 3 is 2.67 bits per heavy atom. The molecule has 1 N–H and O–H groups in total. The van der Waals surface area contributed by atoms with E-state index in [0.717, 1.165) is 15.4 Å². The number of rotatable bonds is 4. The van der Waals surface area contributed by atoms with Gasteiger partial charge in [-0.2, -0.15) is 0 Å². The van der Waals surface area contributed by atoms with Gasteiger partial charge in [0.25, 0.3) is 0 Å². The molecule has 0 aromatic heterocycles. The van der Waals surface area contributed by atoms with Crippen molar-refractivity contribution in [1.82, 2.24) is 5.32 Å². The van der Waals surface area contributed by atoms with Gasteiger partial charge in [0, 0.05) is 15.0 Å². The van der Waals surface area contributed by atoms with Gasteiger partial charge in [-0.15, -0.1) is 0 Å². The van der Waals surface area contributed by atoms with Crippen LogP contribution in [0.25, 0.3) is 0 Å². The number of nitrogens with one attached hydrogen (secondary N) is 1. The van der Waals surface area contributed by atoms with Crippen LogP contribution in [0, 0.1) is 0 Å². The maximum atomic E-state index is 3.67. The highest BCUT2D eigenvalue weighted by Gasteiger charge is 2.16. The summed E-state index contributed by atoms with van der Waals surface area (Å²) in [5.74, 6) is 0. The molecule has 110 valence electrons. The van der Waals surface area contributed by atoms with Crippen molar-refractivity contribution in [3.63, 3.8) is 0 Å². The van der Waals surface area contributed by atoms with Gasteiger partial charge < -0.3 is 5.32 Å². The molecule has 1 aliphatic rings. The molecule has 0 saturated carbocycles. The number of halogens is 2. The van der Waals surface area contributed by atoms with Crippen LogP contribution in [0.15, 0.2) is 45.3 Å². The lowest BCUT2D eigenvalue weighted by molar-refractivity contribution is 0.589. The first-order chi connectivity index (χ1) is 10.2. The highest BCUT2D eigenvalue weighted by Crippen LogP contribution is 2.30. The Kier molecular flexibility index (Phi) is 4.82. The quantitative estimate of drug-likeness (QED) is 0.732. The van der Waals surface area contributed by atoms with Gasteiger partial charge in [-0.05, 0) is 73.2 Å². The van der Waals surface area contributed by atoms with Crippen molar-refractivity contribution in [3.05, 3.63) is 67.6 Å². The van der Waals surface area contributed by atoms with Crippen molar-refractivity contribution in [1.29, 1.82) is 0 Å². The van der Waals surface area contributed by atoms with Crippen LogP contribution in [0.4, 0.5) is 0 Å². The topological polar surface area (TPSA) is 12.0 Å². The number of fused-ring (bicyclic) bond motifs is 1. The zero-order valence-electron chi connectivity index (χ0n) is 12.1. The molecular formula is C18H19Br2N. The van der Waals surface area contributed by atoms with Gasteiger partial charge in [0.2, 0.25) is 0 Å². The number of aryl methyl sites for hydroxylation is 2. The molecule has 0 radical (unpaired) electrons. The highest BCUT2D eigenvalue weighted by molar-refractivity contribution is 9.11. The normalized spacial score (nSPS) is 15.0. The minimum atomic E-state index is 0.316. The van der Waals surface area contributed by atoms with Gasteiger partial charge >= 0.3 is 0 Å². The molecular weight excluding hydrogens is 390 g/mol. The van der Waals surface area contributed by atoms with E-state index in [1.165, 1.54) is 30.4 Å². The minimum Gasteiger partial charge on any atom is -0.313 e. The number of hydrogen-bond donors (Lipinski definition) is 1. The minimum absolute atomic E-state index is 0.316. The van der Waals surface area contributed by atoms with Crippen LogP contribution in [0.1, 0.15) is 34.7 Å². The highest BCUT2D eigenvalue weighted by atomic mass is 79.9. The second kappa shape index (κ2) is 6.64. The molecule has 0 fully saturated rings. The molecule has 0 spiro atoms. The first-order valence-corrected chi connectivity index (χ1v) is 8.99. The van der Waals surface area contributed by atoms with Gasteiger partial charge in [0.15, 0.2) is 0 Å². The maximum absolute atomic E-state index is 3.67. The van der Waals surface area contributed by atoms with E-state index in [-0.39, 0.29) is 0 Å². The third kappa shape index (κ3) is 3.41. The first kappa shape index (κ1) is 15.3. The summed E-state index contributed by atoms with van der Waals surface area (Å²) >= 11 is 7.25. The molecule has 21 heavy (non-hydrogen) atoms. The standard InChI is InChI=1S/C18H19Br2N/c1-21-18(16-11-15(19)7-8-17(16)20)10-12-5-6-13-3-2-4-14(13)9-12/h5-9,11,18,21H,2-4,10H2,1H3. The van der Waals surface area contributed by atoms with E-state index in [4.69, 9.17) is 0 Å². The molecule has 2 aromatic carbocycles. The van der Waals surface area contributed by atoms with Gasteiger partial charge in [-0.3, -0.25) is 0 Å². The zero-order valence-corrected chi connectivity index (χ0v) is 15.3. The van der Waals surface area contributed by atoms with E-state index in [1.54, 1.807) is 11.1 Å². The van der Waals surface area contributed by atoms with E-state index in [1.807, 2.05) is 7.05 Å². The predicted molar refractivity (Wildman–Crippen MR) is 95.8 cm³/mol. The summed E-state index contributed by atoms with van der Waals surface area (Å²) in [6.07, 6.45) is 4.82. The largest absolute Gasteiger partial charge is 0.313 e. The van der Waals surface area contributed by atoms with Crippen LogP contribution in [0.3, 0.4) is 0 Å². The summed E-state index contributed by atoms with van der Waals surface area (Å²) in [5, 5.41) is 3.45. The fourth-order valence-electron chi connectivity index (χ4n) is 3.14. The summed E-state index contributed by atoms with van der Waals surface area (Å²) in [4.78, 5) is 0. The summed E-state index contributed by atoms with van der Waals surface area (Å²) in [5.41, 5.74) is 5.81. The summed E-state index contributed by atoms with van der Waals surface area (Å²) in [6, 6.07) is 13.7. The zero-order chi connectivity index (χ0) is 14.8. The molecule has 1 atom stereocenters. The van der Waals surface area contributed by atoms with Crippen LogP contribution >= 0.6 is 31.9 Å². The molecule has 0 heterocycles. The Morgan fingerprint density at radius 1 is 1.05 bits per heavy atom. The third-order valence-electron chi connectivity index (χ3n) is 4.28. The second-order valence-corrected chi connectivity index (χ2v) is 7.44. The van der Waals surface area contributed by atoms with Gasteiger partial charge in [0.1, 0.15) is 0 Å². The van der Waals surface area contributed by atoms with E-state index in [2.05, 4.69) is 73.6 Å². The summed E-state index contributed by atoms with van der Waals surface area (Å²) < 4.78 is 2.28. The molecule has 1 aliphatic carbocycles. The van der Waals surface area contributed by atoms with E-state index in [9.17, 15) is 0 Å². The fraction of sp³-hybridized carbons (Fsp3) is 0.333. The average Bonchev–Trinajstić information content (AvgIpc) is 2.95. The molecule has 3 rings (SSSR count). The Balaban J connectivity index is 1.86. The molecule has 2 aromatic rings. The van der Waals surface area contributed by atoms with Crippen molar-refractivity contribution >= 4 is 31.9 Å². The summed E-state index contributed by atoms with van der Waals surface area (Å²) in [7, 11) is 2.03. The van der Waals surface area contributed by atoms with Gasteiger partial charge in [-0.25, -0.2) is 0 Å². The third-order valence-corrected chi connectivity index (χ3v) is 5.50. The van der Waals surface area contributed by atoms with Crippen molar-refractivity contribution in [3.8, 4) is 0 Å². The molecule has 3 heteroatoms. The van der Waals surface area contributed by atoms with Crippen molar-refractivity contribution in [2.75, 3.05) is 7.05 Å². The Labute approximate surface area is 143 Å². The molecule has 1 nitrogen and oxygen atoms in total. The Bertz CT molecular complexity index is 652. The lowest BCUT2D eigenvalue weighted by Gasteiger charge is -2.19. The number of benzene rings is 2. The van der Waals surface area contributed by atoms with E-state index >= 15 is 0 Å². The SMILES string of the molecule is CNC(Cc1ccc2c(c1)CCC2)c1cc(Br)ccc1Br. The maximum Gasteiger partial charge on any atom is 0.0370 e. The van der Waals surface area contributed by atoms with Crippen molar-refractivity contribution in [2.24, 2.45) is 0 Å². The van der Waals surface area contributed by atoms with Crippen LogP contribution in [-0.4, -0.2) is 7.05 Å². The molecule has 0 bridgehead atoms. The van der Waals surface area contributed by atoms with Crippen molar-refractivity contribution < 1.29 is 0 Å². The number of likely N-dealkylation sites (N-methyl/N-ethyl adjacent to an activating group) is 1. The Morgan fingerprint density at radius 2 is 1.86 bits per heavy atom. The second-order valence-electron chi connectivity index (χ2n) is 5.67. The van der Waals surface area contributed by atoms with Crippen LogP contribution in [0.5, 0.6) is 0 Å². The number of hydrogen-bond acceptors (Lipinski definition) is 1. The molecule has 1 unspecified atom stereocenters. The lowest BCUT2D eigenvalue weighted by atomic mass is 9.96. The van der Waals surface area contributed by atoms with Crippen LogP contribution in [-0.2, 0) is 19.3 Å². The molecule has 0 amide bonds. The summed E-state index contributed by atoms with van der Waals surface area (Å²) in [6.45, 7) is 0. The molecule has 0 aliphatic heterocycles. The van der Waals surface area contributed by atoms with E-state index < -0.39 is 0 Å². The van der Waals surface area contributed by atoms with Crippen LogP contribution in [0.2, 0.25) is 0 Å². The van der Waals surface area contributed by atoms with E-state index in [0.29, 0.717) is 6.04 Å². The van der Waals surface area contributed by atoms with Crippen LogP contribution < -0.4 is 5.32 Å². The van der Waals surface area contributed by atoms with Gasteiger partial charge in [-0.1, -0.05) is 50.1 Å². The predicted octanol–water partition coefficient (Wildman–Crippen LogP) is 5.20.